The molecule has 0 aliphatic carbocycles. The van der Waals surface area contributed by atoms with Gasteiger partial charge in [-0.25, -0.2) is 13.2 Å². The van der Waals surface area contributed by atoms with E-state index in [4.69, 9.17) is 0 Å². The van der Waals surface area contributed by atoms with Gasteiger partial charge in [0.15, 0.2) is 29.1 Å². The smallest absolute Gasteiger partial charge is 0.257 e. The van der Waals surface area contributed by atoms with Crippen molar-refractivity contribution in [1.29, 1.82) is 0 Å². The summed E-state index contributed by atoms with van der Waals surface area (Å²) in [6, 6.07) is 1.16. The molecule has 1 atom stereocenters. The van der Waals surface area contributed by atoms with Gasteiger partial charge in [0.05, 0.1) is 17.3 Å². The Morgan fingerprint density at radius 2 is 1.96 bits per heavy atom. The molecular formula is C19H20F3N5O. The van der Waals surface area contributed by atoms with Crippen LogP contribution in [0.1, 0.15) is 55.2 Å². The van der Waals surface area contributed by atoms with Crippen LogP contribution in [-0.2, 0) is 6.54 Å². The first-order valence-corrected chi connectivity index (χ1v) is 8.87. The number of nitrogens with zero attached hydrogens (tertiary/aromatic N) is 5. The summed E-state index contributed by atoms with van der Waals surface area (Å²) in [6.07, 6.45) is 0.627. The van der Waals surface area contributed by atoms with E-state index in [2.05, 4.69) is 21.8 Å². The van der Waals surface area contributed by atoms with Gasteiger partial charge in [0.2, 0.25) is 0 Å². The van der Waals surface area contributed by atoms with Crippen molar-refractivity contribution in [3.63, 3.8) is 0 Å². The van der Waals surface area contributed by atoms with E-state index in [9.17, 15) is 18.0 Å². The molecule has 1 aliphatic heterocycles. The normalized spacial score (nSPS) is 16.9. The molecule has 28 heavy (non-hydrogen) atoms. The van der Waals surface area contributed by atoms with Gasteiger partial charge < -0.3 is 9.47 Å². The molecule has 0 radical (unpaired) electrons. The highest BCUT2D eigenvalue weighted by atomic mass is 19.2. The van der Waals surface area contributed by atoms with Crippen molar-refractivity contribution in [2.45, 2.75) is 39.8 Å². The van der Waals surface area contributed by atoms with Gasteiger partial charge in [0.1, 0.15) is 0 Å². The number of hydrogen-bond donors (Lipinski definition) is 0. The van der Waals surface area contributed by atoms with Crippen LogP contribution in [0.2, 0.25) is 0 Å². The van der Waals surface area contributed by atoms with Crippen LogP contribution in [0.15, 0.2) is 29.4 Å². The molecule has 2 aromatic rings. The number of fused-ring (bicyclic) bond motifs is 1. The summed E-state index contributed by atoms with van der Waals surface area (Å²) >= 11 is 0. The van der Waals surface area contributed by atoms with Gasteiger partial charge in [-0.2, -0.15) is 0 Å². The highest BCUT2D eigenvalue weighted by Gasteiger charge is 2.34. The monoisotopic (exact) mass is 391 g/mol. The van der Waals surface area contributed by atoms with E-state index >= 15 is 0 Å². The van der Waals surface area contributed by atoms with Gasteiger partial charge in [-0.1, -0.05) is 13.5 Å². The van der Waals surface area contributed by atoms with Crippen LogP contribution >= 0.6 is 0 Å². The van der Waals surface area contributed by atoms with Gasteiger partial charge in [0, 0.05) is 18.8 Å². The minimum Gasteiger partial charge on any atom is -0.327 e. The standard InChI is InChI=1S/C19H20F3N5O/c1-5-14(23-10(2)3)18-25-24-17-11(4)26(8-9-27(17)18)19(28)12-6-7-13(20)16(22)15(12)21/h6-7,11H,2,5,8-9H2,1,3-4H3/t11-/m1/s1. The molecular weight excluding hydrogens is 371 g/mol. The Morgan fingerprint density at radius 1 is 1.25 bits per heavy atom. The number of carbonyl (C=O) groups is 1. The Balaban J connectivity index is 1.94. The average molecular weight is 391 g/mol. The Kier molecular flexibility index (Phi) is 5.35. The highest BCUT2D eigenvalue weighted by molar-refractivity contribution is 5.98. The van der Waals surface area contributed by atoms with Crippen molar-refractivity contribution in [2.24, 2.45) is 4.99 Å². The number of hydrogen-bond acceptors (Lipinski definition) is 4. The van der Waals surface area contributed by atoms with Crippen molar-refractivity contribution in [3.05, 3.63) is 59.1 Å². The molecule has 6 nitrogen and oxygen atoms in total. The molecule has 0 saturated carbocycles. The summed E-state index contributed by atoms with van der Waals surface area (Å²) in [7, 11) is 0. The minimum atomic E-state index is -1.66. The van der Waals surface area contributed by atoms with Crippen molar-refractivity contribution in [1.82, 2.24) is 19.7 Å². The number of amides is 1. The van der Waals surface area contributed by atoms with Crippen molar-refractivity contribution >= 4 is 11.6 Å². The fourth-order valence-corrected chi connectivity index (χ4v) is 3.24. The zero-order valence-corrected chi connectivity index (χ0v) is 15.8. The summed E-state index contributed by atoms with van der Waals surface area (Å²) in [5.41, 5.74) is 0.852. The lowest BCUT2D eigenvalue weighted by atomic mass is 10.1. The predicted octanol–water partition coefficient (Wildman–Crippen LogP) is 3.65. The third-order valence-electron chi connectivity index (χ3n) is 4.63. The van der Waals surface area contributed by atoms with Gasteiger partial charge in [0.25, 0.3) is 5.91 Å². The molecule has 1 aliphatic rings. The quantitative estimate of drug-likeness (QED) is 0.590. The predicted molar refractivity (Wildman–Crippen MR) is 97.4 cm³/mol. The summed E-state index contributed by atoms with van der Waals surface area (Å²) < 4.78 is 42.6. The minimum absolute atomic E-state index is 0.237. The SMILES string of the molecule is C=C(C)N=C(CC)c1nnc2n1CCN(C(=O)c1ccc(F)c(F)c1F)[C@@H]2C. The van der Waals surface area contributed by atoms with Gasteiger partial charge >= 0.3 is 0 Å². The molecule has 0 spiro atoms. The van der Waals surface area contributed by atoms with E-state index in [0.29, 0.717) is 30.3 Å². The summed E-state index contributed by atoms with van der Waals surface area (Å²) in [5.74, 6) is -4.12. The van der Waals surface area contributed by atoms with Gasteiger partial charge in [-0.3, -0.25) is 9.79 Å². The van der Waals surface area contributed by atoms with Crippen LogP contribution in [0.4, 0.5) is 13.2 Å². The first kappa shape index (κ1) is 19.8. The molecule has 0 unspecified atom stereocenters. The number of carbonyl (C=O) groups excluding carboxylic acids is 1. The van der Waals surface area contributed by atoms with E-state index in [0.717, 1.165) is 17.8 Å². The lowest BCUT2D eigenvalue weighted by molar-refractivity contribution is 0.0631. The van der Waals surface area contributed by atoms with E-state index in [-0.39, 0.29) is 6.54 Å². The largest absolute Gasteiger partial charge is 0.327 e. The Bertz CT molecular complexity index is 982. The number of rotatable bonds is 4. The molecule has 1 amide bonds. The first-order valence-electron chi connectivity index (χ1n) is 8.87. The molecule has 0 saturated heterocycles. The molecule has 0 bridgehead atoms. The van der Waals surface area contributed by atoms with Crippen LogP contribution in [0.3, 0.4) is 0 Å². The second-order valence-electron chi connectivity index (χ2n) is 6.58. The molecule has 0 N–H and O–H groups in total. The maximum absolute atomic E-state index is 14.0. The Morgan fingerprint density at radius 3 is 2.61 bits per heavy atom. The van der Waals surface area contributed by atoms with E-state index in [1.165, 1.54) is 4.90 Å². The number of allylic oxidation sites excluding steroid dienone is 1. The lowest BCUT2D eigenvalue weighted by Crippen LogP contribution is -2.42. The van der Waals surface area contributed by atoms with Crippen LogP contribution in [0.25, 0.3) is 0 Å². The fourth-order valence-electron chi connectivity index (χ4n) is 3.24. The number of aromatic nitrogens is 3. The number of halogens is 3. The van der Waals surface area contributed by atoms with Gasteiger partial charge in [-0.05, 0) is 32.4 Å². The average Bonchev–Trinajstić information content (AvgIpc) is 3.09. The fraction of sp³-hybridized carbons (Fsp3) is 0.368. The number of benzene rings is 1. The third-order valence-corrected chi connectivity index (χ3v) is 4.63. The van der Waals surface area contributed by atoms with Crippen LogP contribution in [0.5, 0.6) is 0 Å². The van der Waals surface area contributed by atoms with E-state index < -0.39 is 35.0 Å². The highest BCUT2D eigenvalue weighted by Crippen LogP contribution is 2.28. The molecule has 2 heterocycles. The van der Waals surface area contributed by atoms with Crippen LogP contribution in [-0.4, -0.2) is 37.8 Å². The summed E-state index contributed by atoms with van der Waals surface area (Å²) in [4.78, 5) is 18.5. The van der Waals surface area contributed by atoms with Crippen LogP contribution < -0.4 is 0 Å². The molecule has 3 rings (SSSR count). The third kappa shape index (κ3) is 3.32. The lowest BCUT2D eigenvalue weighted by Gasteiger charge is -2.34. The Labute approximate surface area is 160 Å². The molecule has 148 valence electrons. The van der Waals surface area contributed by atoms with Crippen molar-refractivity contribution < 1.29 is 18.0 Å². The Hall–Kier alpha value is -2.97. The number of aliphatic imine (C=N–C) groups is 1. The zero-order valence-electron chi connectivity index (χ0n) is 15.8. The molecule has 0 fully saturated rings. The van der Waals surface area contributed by atoms with Crippen LogP contribution in [0, 0.1) is 17.5 Å². The zero-order chi connectivity index (χ0) is 20.6. The van der Waals surface area contributed by atoms with Crippen molar-refractivity contribution in [3.8, 4) is 0 Å². The van der Waals surface area contributed by atoms with Crippen molar-refractivity contribution in [2.75, 3.05) is 6.54 Å². The summed E-state index contributed by atoms with van der Waals surface area (Å²) in [5, 5.41) is 8.38. The molecule has 1 aromatic carbocycles. The molecule has 9 heteroatoms. The second-order valence-corrected chi connectivity index (χ2v) is 6.58. The maximum atomic E-state index is 14.0. The van der Waals surface area contributed by atoms with E-state index in [1.54, 1.807) is 13.8 Å². The first-order chi connectivity index (χ1) is 13.3. The summed E-state index contributed by atoms with van der Waals surface area (Å²) in [6.45, 7) is 9.83. The maximum Gasteiger partial charge on any atom is 0.257 e. The topological polar surface area (TPSA) is 63.4 Å². The second kappa shape index (κ2) is 7.57. The van der Waals surface area contributed by atoms with E-state index in [1.807, 2.05) is 11.5 Å². The molecule has 1 aromatic heterocycles. The van der Waals surface area contributed by atoms with Gasteiger partial charge in [-0.15, -0.1) is 10.2 Å².